The number of carbonyl (C=O) groups is 1. The summed E-state index contributed by atoms with van der Waals surface area (Å²) in [5.41, 5.74) is 0.247. The minimum atomic E-state index is -2.78. The summed E-state index contributed by atoms with van der Waals surface area (Å²) in [7, 11) is 0. The zero-order chi connectivity index (χ0) is 18.8. The zero-order valence-electron chi connectivity index (χ0n) is 14.9. The van der Waals surface area contributed by atoms with Crippen LogP contribution in [0, 0.1) is 0 Å². The van der Waals surface area contributed by atoms with E-state index in [0.717, 1.165) is 43.3 Å². The molecule has 0 radical (unpaired) electrons. The standard InChI is InChI=1S/C17H22F2N6O2/c18-16(19)17-21-20-13-5-6-14(22-25(13)17)24(10-12-4-3-9-27-12)11-15(26)23-7-1-2-8-23/h5-6,12,16H,1-4,7-11H2. The molecule has 1 atom stereocenters. The number of halogens is 2. The van der Waals surface area contributed by atoms with Crippen LogP contribution in [0.15, 0.2) is 12.1 Å². The van der Waals surface area contributed by atoms with Crippen molar-refractivity contribution in [1.29, 1.82) is 0 Å². The molecule has 10 heteroatoms. The van der Waals surface area contributed by atoms with E-state index < -0.39 is 12.2 Å². The van der Waals surface area contributed by atoms with Gasteiger partial charge in [-0.25, -0.2) is 8.78 Å². The Balaban J connectivity index is 1.60. The van der Waals surface area contributed by atoms with E-state index in [1.807, 2.05) is 9.80 Å². The monoisotopic (exact) mass is 380 g/mol. The van der Waals surface area contributed by atoms with Crippen LogP contribution < -0.4 is 4.90 Å². The SMILES string of the molecule is O=C(CN(CC1CCCO1)c1ccc2nnc(C(F)F)n2n1)N1CCCC1. The van der Waals surface area contributed by atoms with Gasteiger partial charge in [-0.3, -0.25) is 4.79 Å². The number of amides is 1. The largest absolute Gasteiger partial charge is 0.376 e. The van der Waals surface area contributed by atoms with Crippen molar-refractivity contribution in [3.63, 3.8) is 0 Å². The van der Waals surface area contributed by atoms with E-state index in [9.17, 15) is 13.6 Å². The molecule has 0 aliphatic carbocycles. The first-order valence-electron chi connectivity index (χ1n) is 9.26. The number of aromatic nitrogens is 4. The topological polar surface area (TPSA) is 75.9 Å². The van der Waals surface area contributed by atoms with Crippen molar-refractivity contribution in [1.82, 2.24) is 24.7 Å². The smallest absolute Gasteiger partial charge is 0.299 e. The maximum atomic E-state index is 13.1. The second-order valence-electron chi connectivity index (χ2n) is 6.92. The number of likely N-dealkylation sites (tertiary alicyclic amines) is 1. The summed E-state index contributed by atoms with van der Waals surface area (Å²) in [6.45, 7) is 2.86. The summed E-state index contributed by atoms with van der Waals surface area (Å²) in [4.78, 5) is 16.3. The molecule has 1 unspecified atom stereocenters. The van der Waals surface area contributed by atoms with E-state index in [-0.39, 0.29) is 24.2 Å². The molecule has 4 heterocycles. The van der Waals surface area contributed by atoms with Crippen LogP contribution in [0.3, 0.4) is 0 Å². The fourth-order valence-corrected chi connectivity index (χ4v) is 3.60. The molecule has 27 heavy (non-hydrogen) atoms. The highest BCUT2D eigenvalue weighted by Gasteiger charge is 2.26. The van der Waals surface area contributed by atoms with Gasteiger partial charge >= 0.3 is 0 Å². The van der Waals surface area contributed by atoms with Crippen LogP contribution in [-0.2, 0) is 9.53 Å². The van der Waals surface area contributed by atoms with Crippen LogP contribution in [-0.4, -0.2) is 69.5 Å². The summed E-state index contributed by atoms with van der Waals surface area (Å²) in [5.74, 6) is -0.0488. The van der Waals surface area contributed by atoms with Gasteiger partial charge in [0.2, 0.25) is 11.7 Å². The van der Waals surface area contributed by atoms with Gasteiger partial charge in [0, 0.05) is 26.2 Å². The Morgan fingerprint density at radius 1 is 1.26 bits per heavy atom. The van der Waals surface area contributed by atoms with Crippen molar-refractivity contribution in [2.75, 3.05) is 37.7 Å². The summed E-state index contributed by atoms with van der Waals surface area (Å²) in [6, 6.07) is 3.27. The number of alkyl halides is 2. The first-order valence-corrected chi connectivity index (χ1v) is 9.26. The molecule has 4 rings (SSSR count). The van der Waals surface area contributed by atoms with Crippen LogP contribution in [0.4, 0.5) is 14.6 Å². The maximum absolute atomic E-state index is 13.1. The fraction of sp³-hybridized carbons (Fsp3) is 0.647. The number of anilines is 1. The highest BCUT2D eigenvalue weighted by molar-refractivity contribution is 5.81. The molecule has 2 aliphatic heterocycles. The molecular formula is C17H22F2N6O2. The highest BCUT2D eigenvalue weighted by atomic mass is 19.3. The third-order valence-electron chi connectivity index (χ3n) is 5.02. The molecule has 1 amide bonds. The van der Waals surface area contributed by atoms with E-state index in [4.69, 9.17) is 4.74 Å². The highest BCUT2D eigenvalue weighted by Crippen LogP contribution is 2.21. The minimum absolute atomic E-state index is 0.00403. The quantitative estimate of drug-likeness (QED) is 0.759. The second kappa shape index (κ2) is 7.71. The molecule has 8 nitrogen and oxygen atoms in total. The Morgan fingerprint density at radius 3 is 2.78 bits per heavy atom. The lowest BCUT2D eigenvalue weighted by Gasteiger charge is -2.27. The molecule has 2 fully saturated rings. The van der Waals surface area contributed by atoms with Crippen molar-refractivity contribution >= 4 is 17.4 Å². The average molecular weight is 380 g/mol. The Kier molecular flexibility index (Phi) is 5.15. The van der Waals surface area contributed by atoms with E-state index >= 15 is 0 Å². The predicted octanol–water partition coefficient (Wildman–Crippen LogP) is 1.67. The van der Waals surface area contributed by atoms with Gasteiger partial charge in [0.25, 0.3) is 6.43 Å². The maximum Gasteiger partial charge on any atom is 0.299 e. The lowest BCUT2D eigenvalue weighted by atomic mass is 10.2. The van der Waals surface area contributed by atoms with Crippen molar-refractivity contribution in [3.05, 3.63) is 18.0 Å². The van der Waals surface area contributed by atoms with Crippen molar-refractivity contribution in [2.24, 2.45) is 0 Å². The first-order chi connectivity index (χ1) is 13.1. The average Bonchev–Trinajstić information content (AvgIpc) is 3.40. The molecule has 146 valence electrons. The number of rotatable bonds is 6. The van der Waals surface area contributed by atoms with E-state index in [0.29, 0.717) is 19.0 Å². The first kappa shape index (κ1) is 18.0. The van der Waals surface area contributed by atoms with Gasteiger partial charge in [0.05, 0.1) is 12.6 Å². The van der Waals surface area contributed by atoms with Gasteiger partial charge in [-0.2, -0.15) is 4.52 Å². The number of hydrogen-bond acceptors (Lipinski definition) is 6. The van der Waals surface area contributed by atoms with Gasteiger partial charge in [-0.05, 0) is 37.8 Å². The molecule has 0 aromatic carbocycles. The summed E-state index contributed by atoms with van der Waals surface area (Å²) >= 11 is 0. The number of carbonyl (C=O) groups excluding carboxylic acids is 1. The lowest BCUT2D eigenvalue weighted by molar-refractivity contribution is -0.128. The van der Waals surface area contributed by atoms with Gasteiger partial charge in [-0.15, -0.1) is 15.3 Å². The van der Waals surface area contributed by atoms with Crippen molar-refractivity contribution in [2.45, 2.75) is 38.2 Å². The number of ether oxygens (including phenoxy) is 1. The Morgan fingerprint density at radius 2 is 2.07 bits per heavy atom. The molecule has 0 N–H and O–H groups in total. The minimum Gasteiger partial charge on any atom is -0.376 e. The van der Waals surface area contributed by atoms with E-state index in [2.05, 4.69) is 15.3 Å². The van der Waals surface area contributed by atoms with Crippen molar-refractivity contribution < 1.29 is 18.3 Å². The predicted molar refractivity (Wildman–Crippen MR) is 92.7 cm³/mol. The normalized spacial score (nSPS) is 20.1. The van der Waals surface area contributed by atoms with Gasteiger partial charge in [-0.1, -0.05) is 0 Å². The van der Waals surface area contributed by atoms with Gasteiger partial charge in [0.1, 0.15) is 5.82 Å². The molecule has 2 saturated heterocycles. The van der Waals surface area contributed by atoms with E-state index in [1.54, 1.807) is 12.1 Å². The number of fused-ring (bicyclic) bond motifs is 1. The number of hydrogen-bond donors (Lipinski definition) is 0. The van der Waals surface area contributed by atoms with Crippen molar-refractivity contribution in [3.8, 4) is 0 Å². The van der Waals surface area contributed by atoms with Crippen LogP contribution in [0.25, 0.3) is 5.65 Å². The summed E-state index contributed by atoms with van der Waals surface area (Å²) in [5, 5.41) is 11.5. The van der Waals surface area contributed by atoms with Crippen LogP contribution >= 0.6 is 0 Å². The molecule has 0 spiro atoms. The molecule has 0 bridgehead atoms. The molecule has 2 aliphatic rings. The van der Waals surface area contributed by atoms with Crippen LogP contribution in [0.5, 0.6) is 0 Å². The Labute approximate surface area is 155 Å². The molecule has 2 aromatic heterocycles. The summed E-state index contributed by atoms with van der Waals surface area (Å²) in [6.07, 6.45) is 1.14. The van der Waals surface area contributed by atoms with Gasteiger partial charge < -0.3 is 14.5 Å². The summed E-state index contributed by atoms with van der Waals surface area (Å²) < 4.78 is 33.0. The van der Waals surface area contributed by atoms with E-state index in [1.165, 1.54) is 0 Å². The van der Waals surface area contributed by atoms with Crippen LogP contribution in [0.1, 0.15) is 37.9 Å². The lowest BCUT2D eigenvalue weighted by Crippen LogP contribution is -2.42. The van der Waals surface area contributed by atoms with Gasteiger partial charge in [0.15, 0.2) is 5.65 Å². The number of nitrogens with zero attached hydrogens (tertiary/aromatic N) is 6. The zero-order valence-corrected chi connectivity index (χ0v) is 14.9. The molecular weight excluding hydrogens is 358 g/mol. The van der Waals surface area contributed by atoms with Crippen LogP contribution in [0.2, 0.25) is 0 Å². The Bertz CT molecular complexity index is 802. The third kappa shape index (κ3) is 3.85. The Hall–Kier alpha value is -2.36. The molecule has 0 saturated carbocycles. The third-order valence-corrected chi connectivity index (χ3v) is 5.02. The fourth-order valence-electron chi connectivity index (χ4n) is 3.60. The second-order valence-corrected chi connectivity index (χ2v) is 6.92. The molecule has 2 aromatic rings.